The monoisotopic (exact) mass is 1010 g/mol. The van der Waals surface area contributed by atoms with E-state index < -0.39 is 140 Å². The Kier molecular flexibility index (Phi) is 27.3. The van der Waals surface area contributed by atoms with Crippen LogP contribution in [0.25, 0.3) is 0 Å². The molecule has 1 amide bonds. The van der Waals surface area contributed by atoms with Crippen LogP contribution in [0.1, 0.15) is 85.5 Å². The molecule has 19 heteroatoms. The van der Waals surface area contributed by atoms with Crippen molar-refractivity contribution in [2.24, 2.45) is 23.5 Å². The number of nitrogens with zero attached hydrogens (tertiary/aromatic N) is 1. The third-order valence-corrected chi connectivity index (χ3v) is 13.1. The lowest BCUT2D eigenvalue weighted by atomic mass is 9.82. The fourth-order valence-electron chi connectivity index (χ4n) is 8.70. The van der Waals surface area contributed by atoms with E-state index in [0.29, 0.717) is 13.0 Å². The van der Waals surface area contributed by atoms with Crippen molar-refractivity contribution >= 4 is 11.9 Å². The van der Waals surface area contributed by atoms with Crippen LogP contribution in [-0.4, -0.2) is 192 Å². The number of carbonyl (C=O) groups is 2. The van der Waals surface area contributed by atoms with E-state index in [4.69, 9.17) is 24.7 Å². The van der Waals surface area contributed by atoms with Crippen LogP contribution in [0.3, 0.4) is 0 Å². The Morgan fingerprint density at radius 2 is 1.28 bits per heavy atom. The number of carbonyl (C=O) groups excluding carboxylic acids is 2. The molecule has 2 bridgehead atoms. The summed E-state index contributed by atoms with van der Waals surface area (Å²) in [4.78, 5) is 28.5. The van der Waals surface area contributed by atoms with Crippen LogP contribution in [0.2, 0.25) is 0 Å². The van der Waals surface area contributed by atoms with Crippen LogP contribution in [0.15, 0.2) is 85.1 Å². The number of ether oxygens (including phenoxy) is 4. The van der Waals surface area contributed by atoms with Crippen molar-refractivity contribution in [2.45, 2.75) is 183 Å². The second kappa shape index (κ2) is 31.3. The Hall–Kier alpha value is -3.48. The number of cyclic esters (lactones) is 1. The third kappa shape index (κ3) is 21.9. The highest BCUT2D eigenvalue weighted by Gasteiger charge is 2.51. The molecule has 0 aromatic heterocycles. The van der Waals surface area contributed by atoms with Crippen molar-refractivity contribution in [3.8, 4) is 0 Å². The standard InChI is InChI=1S/C52H85N3O16/c1-32-20-17-15-13-11-9-7-8-10-12-14-16-18-21-39(70-51-49(65)46(53)48(64)35(4)69-51)29-43-45(50(66)54-24-19-25-55(5)6)42(61)31-52(67,71-43)30-41(60)40(59)23-22-36(56)26-37(57)27-38(58)28-44(62)68-34(3)33(2)47(32)63/h7-18,20-21,32-43,45-49,51,56-61,63-65,67H,19,22-31,53H2,1-6H3,(H,54,66)/b8-7+,11-9+,12-10+,15-13+,16-14+,20-17+,21-18+/t32-,33-,34-,35-,36+,37+,38+,39-,40+,41+,42-,43-,45+,46+,47+,48-,49+,51+,52+/m0/s1. The Morgan fingerprint density at radius 3 is 1.89 bits per heavy atom. The molecular weight excluding hydrogens is 923 g/mol. The van der Waals surface area contributed by atoms with Gasteiger partial charge in [-0.3, -0.25) is 9.59 Å². The van der Waals surface area contributed by atoms with Gasteiger partial charge < -0.3 is 86.0 Å². The van der Waals surface area contributed by atoms with Gasteiger partial charge in [0.05, 0.1) is 85.5 Å². The number of aliphatic hydroxyl groups excluding tert-OH is 9. The average molecular weight is 1010 g/mol. The molecule has 0 aromatic rings. The maximum Gasteiger partial charge on any atom is 0.308 e. The topological polar surface area (TPSA) is 315 Å². The van der Waals surface area contributed by atoms with Gasteiger partial charge in [-0.15, -0.1) is 0 Å². The summed E-state index contributed by atoms with van der Waals surface area (Å²) in [6.45, 7) is 7.74. The normalized spacial score (nSPS) is 42.7. The van der Waals surface area contributed by atoms with Crippen LogP contribution < -0.4 is 11.1 Å². The van der Waals surface area contributed by atoms with Gasteiger partial charge in [-0.2, -0.15) is 0 Å². The number of esters is 1. The molecule has 0 spiro atoms. The summed E-state index contributed by atoms with van der Waals surface area (Å²) in [6, 6.07) is -1.13. The molecule has 71 heavy (non-hydrogen) atoms. The second-order valence-corrected chi connectivity index (χ2v) is 19.7. The van der Waals surface area contributed by atoms with Crippen LogP contribution in [0.4, 0.5) is 0 Å². The fourth-order valence-corrected chi connectivity index (χ4v) is 8.70. The van der Waals surface area contributed by atoms with Crippen molar-refractivity contribution in [3.63, 3.8) is 0 Å². The molecule has 3 aliphatic rings. The van der Waals surface area contributed by atoms with Gasteiger partial charge in [-0.25, -0.2) is 0 Å². The van der Waals surface area contributed by atoms with Gasteiger partial charge in [-0.05, 0) is 66.6 Å². The summed E-state index contributed by atoms with van der Waals surface area (Å²) >= 11 is 0. The first-order valence-electron chi connectivity index (χ1n) is 24.9. The van der Waals surface area contributed by atoms with Gasteiger partial charge in [0.15, 0.2) is 12.1 Å². The molecule has 3 rings (SSSR count). The first-order valence-corrected chi connectivity index (χ1v) is 24.9. The van der Waals surface area contributed by atoms with E-state index in [1.54, 1.807) is 63.3 Å². The van der Waals surface area contributed by atoms with E-state index in [2.05, 4.69) is 5.32 Å². The molecule has 3 heterocycles. The average Bonchev–Trinajstić information content (AvgIpc) is 3.28. The zero-order chi connectivity index (χ0) is 52.8. The smallest absolute Gasteiger partial charge is 0.308 e. The van der Waals surface area contributed by atoms with Gasteiger partial charge in [0, 0.05) is 37.6 Å². The first kappa shape index (κ1) is 61.8. The highest BCUT2D eigenvalue weighted by molar-refractivity contribution is 5.80. The second-order valence-electron chi connectivity index (χ2n) is 19.7. The SMILES string of the molecule is C[C@@H]1[C@H](O)[C@@H](C)/C=C/C=C/C=C/C=C/C=C/C=C/C=C/[C@H](O[C@H]2O[C@@H](C)[C@H](O)[C@@H](N)[C@H]2O)C[C@@H]2O[C@](O)(C[C@@H](O)[C@H](O)CC[C@@H](O)C[C@@H](O)C[C@@H](O)CC(=O)O[C@H]1C)C[C@H](O)[C@H]2C(=O)NCCCN(C)C. The van der Waals surface area contributed by atoms with Crippen LogP contribution in [0.5, 0.6) is 0 Å². The lowest BCUT2D eigenvalue weighted by Gasteiger charge is -2.46. The number of amides is 1. The molecule has 19 nitrogen and oxygen atoms in total. The minimum atomic E-state index is -2.29. The Labute approximate surface area is 419 Å². The molecule has 19 atom stereocenters. The first-order chi connectivity index (χ1) is 33.5. The van der Waals surface area contributed by atoms with Crippen molar-refractivity contribution in [1.82, 2.24) is 10.2 Å². The van der Waals surface area contributed by atoms with Crippen LogP contribution in [0, 0.1) is 17.8 Å². The van der Waals surface area contributed by atoms with Crippen LogP contribution in [-0.2, 0) is 28.5 Å². The van der Waals surface area contributed by atoms with Crippen molar-refractivity contribution in [1.29, 1.82) is 0 Å². The number of hydrogen-bond donors (Lipinski definition) is 12. The quantitative estimate of drug-likeness (QED) is 0.123. The molecule has 0 unspecified atom stereocenters. The summed E-state index contributed by atoms with van der Waals surface area (Å²) in [6.07, 6.45) is 5.59. The number of rotatable bonds is 7. The van der Waals surface area contributed by atoms with Gasteiger partial charge in [-0.1, -0.05) is 98.9 Å². The number of nitrogens with one attached hydrogen (secondary N) is 1. The minimum Gasteiger partial charge on any atom is -0.462 e. The van der Waals surface area contributed by atoms with Gasteiger partial charge in [0.2, 0.25) is 5.91 Å². The maximum absolute atomic E-state index is 13.8. The van der Waals surface area contributed by atoms with E-state index in [-0.39, 0.29) is 44.6 Å². The predicted molar refractivity (Wildman–Crippen MR) is 266 cm³/mol. The summed E-state index contributed by atoms with van der Waals surface area (Å²) in [5.41, 5.74) is 6.11. The predicted octanol–water partition coefficient (Wildman–Crippen LogP) is 0.695. The lowest BCUT2D eigenvalue weighted by Crippen LogP contribution is -2.62. The van der Waals surface area contributed by atoms with Gasteiger partial charge in [0.25, 0.3) is 0 Å². The molecule has 404 valence electrons. The highest BCUT2D eigenvalue weighted by atomic mass is 16.7. The van der Waals surface area contributed by atoms with Crippen molar-refractivity contribution < 1.29 is 79.6 Å². The molecule has 13 N–H and O–H groups in total. The third-order valence-electron chi connectivity index (χ3n) is 13.1. The van der Waals surface area contributed by atoms with Crippen molar-refractivity contribution in [2.75, 3.05) is 27.2 Å². The zero-order valence-electron chi connectivity index (χ0n) is 42.2. The molecule has 3 aliphatic heterocycles. The van der Waals surface area contributed by atoms with E-state index in [0.717, 1.165) is 0 Å². The molecule has 0 aliphatic carbocycles. The fraction of sp³-hybridized carbons (Fsp3) is 0.692. The Bertz CT molecular complexity index is 1790. The summed E-state index contributed by atoms with van der Waals surface area (Å²) in [5, 5.41) is 113. The molecule has 2 saturated heterocycles. The molecule has 0 radical (unpaired) electrons. The summed E-state index contributed by atoms with van der Waals surface area (Å²) < 4.78 is 23.8. The van der Waals surface area contributed by atoms with E-state index in [1.165, 1.54) is 0 Å². The number of aliphatic hydroxyl groups is 10. The zero-order valence-corrected chi connectivity index (χ0v) is 42.2. The lowest BCUT2D eigenvalue weighted by molar-refractivity contribution is -0.308. The summed E-state index contributed by atoms with van der Waals surface area (Å²) in [7, 11) is 3.78. The highest BCUT2D eigenvalue weighted by Crippen LogP contribution is 2.38. The van der Waals surface area contributed by atoms with Gasteiger partial charge >= 0.3 is 5.97 Å². The number of allylic oxidation sites excluding steroid dienone is 12. The van der Waals surface area contributed by atoms with Crippen molar-refractivity contribution in [3.05, 3.63) is 85.1 Å². The molecular formula is C52H85N3O16. The number of nitrogens with two attached hydrogens (primary N) is 1. The Balaban J connectivity index is 1.93. The summed E-state index contributed by atoms with van der Waals surface area (Å²) in [5.74, 6) is -5.58. The molecule has 0 saturated carbocycles. The minimum absolute atomic E-state index is 0.118. The van der Waals surface area contributed by atoms with E-state index >= 15 is 0 Å². The van der Waals surface area contributed by atoms with E-state index in [1.807, 2.05) is 68.5 Å². The largest absolute Gasteiger partial charge is 0.462 e. The Morgan fingerprint density at radius 1 is 0.718 bits per heavy atom. The van der Waals surface area contributed by atoms with Gasteiger partial charge in [0.1, 0.15) is 12.2 Å². The number of fused-ring (bicyclic) bond motifs is 2. The molecule has 2 fully saturated rings. The van der Waals surface area contributed by atoms with E-state index in [9.17, 15) is 60.7 Å². The maximum atomic E-state index is 13.8. The number of hydrogen-bond acceptors (Lipinski definition) is 18. The molecule has 0 aromatic carbocycles. The van der Waals surface area contributed by atoms with Crippen LogP contribution >= 0.6 is 0 Å².